The Hall–Kier alpha value is -2.32. The number of amides is 1. The molecule has 1 amide bonds. The molecule has 1 unspecified atom stereocenters. The number of para-hydroxylation sites is 1. The van der Waals surface area contributed by atoms with E-state index >= 15 is 0 Å². The molecule has 154 valence electrons. The van der Waals surface area contributed by atoms with Crippen LogP contribution in [0.2, 0.25) is 0 Å². The zero-order valence-electron chi connectivity index (χ0n) is 16.3. The molecule has 2 heterocycles. The summed E-state index contributed by atoms with van der Waals surface area (Å²) in [7, 11) is 0. The predicted octanol–water partition coefficient (Wildman–Crippen LogP) is 4.65. The fraction of sp³-hybridized carbons (Fsp3) is 0.318. The van der Waals surface area contributed by atoms with Crippen LogP contribution in [0.1, 0.15) is 35.5 Å². The summed E-state index contributed by atoms with van der Waals surface area (Å²) in [6.45, 7) is 0.627. The van der Waals surface area contributed by atoms with Gasteiger partial charge in [-0.1, -0.05) is 48.2 Å². The van der Waals surface area contributed by atoms with E-state index in [0.717, 1.165) is 30.1 Å². The van der Waals surface area contributed by atoms with Gasteiger partial charge in [-0.25, -0.2) is 14.1 Å². The highest BCUT2D eigenvalue weighted by molar-refractivity contribution is 8.00. The highest BCUT2D eigenvalue weighted by Gasteiger charge is 2.33. The topological polar surface area (TPSA) is 51.0 Å². The minimum atomic E-state index is -0.267. The third-order valence-corrected chi connectivity index (χ3v) is 7.33. The van der Waals surface area contributed by atoms with Crippen LogP contribution in [0.5, 0.6) is 0 Å². The fourth-order valence-electron chi connectivity index (χ4n) is 3.60. The molecule has 8 heteroatoms. The molecule has 1 atom stereocenters. The molecule has 0 radical (unpaired) electrons. The summed E-state index contributed by atoms with van der Waals surface area (Å²) in [6, 6.07) is 16.7. The Balaban J connectivity index is 1.30. The van der Waals surface area contributed by atoms with Gasteiger partial charge in [-0.15, -0.1) is 16.9 Å². The summed E-state index contributed by atoms with van der Waals surface area (Å²) in [6.07, 6.45) is 2.26. The van der Waals surface area contributed by atoms with Gasteiger partial charge in [0.1, 0.15) is 17.0 Å². The molecule has 30 heavy (non-hydrogen) atoms. The molecule has 5 nitrogen and oxygen atoms in total. The number of nitrogens with zero attached hydrogens (tertiary/aromatic N) is 4. The molecule has 0 N–H and O–H groups in total. The summed E-state index contributed by atoms with van der Waals surface area (Å²) in [5.74, 6) is 2.19. The lowest BCUT2D eigenvalue weighted by molar-refractivity contribution is -0.128. The van der Waals surface area contributed by atoms with Crippen LogP contribution in [0.3, 0.4) is 0 Å². The Kier molecular flexibility index (Phi) is 5.52. The molecule has 1 aromatic heterocycles. The Bertz CT molecular complexity index is 1050. The summed E-state index contributed by atoms with van der Waals surface area (Å²) in [5.41, 5.74) is 1.56. The van der Waals surface area contributed by atoms with Gasteiger partial charge in [-0.3, -0.25) is 4.79 Å². The Morgan fingerprint density at radius 2 is 1.90 bits per heavy atom. The largest absolute Gasteiger partial charge is 0.325 e. The van der Waals surface area contributed by atoms with Gasteiger partial charge in [0.15, 0.2) is 0 Å². The average Bonchev–Trinajstić information content (AvgIpc) is 3.34. The first kappa shape index (κ1) is 19.6. The SMILES string of the molecule is O=C(CSc1nc(C2CC2)n(-c2ccccc2)n1)N1CCSC1c1ccccc1F. The van der Waals surface area contributed by atoms with E-state index in [4.69, 9.17) is 4.98 Å². The number of rotatable bonds is 6. The first-order chi connectivity index (χ1) is 14.7. The van der Waals surface area contributed by atoms with Crippen LogP contribution in [-0.2, 0) is 4.79 Å². The molecule has 1 saturated heterocycles. The lowest BCUT2D eigenvalue weighted by Crippen LogP contribution is -2.32. The second-order valence-electron chi connectivity index (χ2n) is 7.39. The quantitative estimate of drug-likeness (QED) is 0.522. The van der Waals surface area contributed by atoms with Gasteiger partial charge in [0.2, 0.25) is 11.1 Å². The maximum atomic E-state index is 14.2. The Morgan fingerprint density at radius 1 is 1.13 bits per heavy atom. The summed E-state index contributed by atoms with van der Waals surface area (Å²) >= 11 is 2.96. The van der Waals surface area contributed by atoms with E-state index in [2.05, 4.69) is 5.10 Å². The third-order valence-electron chi connectivity index (χ3n) is 5.26. The van der Waals surface area contributed by atoms with E-state index in [1.165, 1.54) is 17.8 Å². The van der Waals surface area contributed by atoms with E-state index in [9.17, 15) is 9.18 Å². The highest BCUT2D eigenvalue weighted by atomic mass is 32.2. The maximum Gasteiger partial charge on any atom is 0.234 e. The van der Waals surface area contributed by atoms with Crippen molar-refractivity contribution in [2.24, 2.45) is 0 Å². The van der Waals surface area contributed by atoms with Crippen molar-refractivity contribution in [3.63, 3.8) is 0 Å². The average molecular weight is 441 g/mol. The smallest absolute Gasteiger partial charge is 0.234 e. The van der Waals surface area contributed by atoms with E-state index in [0.29, 0.717) is 23.2 Å². The predicted molar refractivity (Wildman–Crippen MR) is 117 cm³/mol. The van der Waals surface area contributed by atoms with Crippen molar-refractivity contribution in [3.05, 3.63) is 71.8 Å². The number of hydrogen-bond acceptors (Lipinski definition) is 5. The van der Waals surface area contributed by atoms with Gasteiger partial charge in [0.05, 0.1) is 11.4 Å². The lowest BCUT2D eigenvalue weighted by atomic mass is 10.2. The van der Waals surface area contributed by atoms with Crippen molar-refractivity contribution in [2.45, 2.75) is 29.3 Å². The molecule has 2 fully saturated rings. The van der Waals surface area contributed by atoms with E-state index < -0.39 is 0 Å². The second kappa shape index (κ2) is 8.43. The molecule has 2 aliphatic rings. The number of thioether (sulfide) groups is 2. The van der Waals surface area contributed by atoms with Crippen molar-refractivity contribution < 1.29 is 9.18 Å². The van der Waals surface area contributed by atoms with Crippen LogP contribution in [0.4, 0.5) is 4.39 Å². The van der Waals surface area contributed by atoms with Crippen LogP contribution >= 0.6 is 23.5 Å². The molecule has 1 aliphatic heterocycles. The number of halogens is 1. The molecule has 0 spiro atoms. The number of aromatic nitrogens is 3. The van der Waals surface area contributed by atoms with Crippen LogP contribution < -0.4 is 0 Å². The van der Waals surface area contributed by atoms with Gasteiger partial charge in [-0.2, -0.15) is 0 Å². The van der Waals surface area contributed by atoms with Crippen molar-refractivity contribution in [2.75, 3.05) is 18.1 Å². The van der Waals surface area contributed by atoms with Gasteiger partial charge < -0.3 is 4.90 Å². The lowest BCUT2D eigenvalue weighted by Gasteiger charge is -2.24. The number of hydrogen-bond donors (Lipinski definition) is 0. The van der Waals surface area contributed by atoms with Crippen molar-refractivity contribution in [1.29, 1.82) is 0 Å². The molecule has 3 aromatic rings. The van der Waals surface area contributed by atoms with E-state index in [1.807, 2.05) is 41.1 Å². The zero-order chi connectivity index (χ0) is 20.5. The molecular weight excluding hydrogens is 419 g/mol. The molecule has 5 rings (SSSR count). The highest BCUT2D eigenvalue weighted by Crippen LogP contribution is 2.41. The van der Waals surface area contributed by atoms with Crippen LogP contribution in [0, 0.1) is 5.82 Å². The zero-order valence-corrected chi connectivity index (χ0v) is 17.9. The molecule has 1 aliphatic carbocycles. The van der Waals surface area contributed by atoms with Crippen molar-refractivity contribution in [3.8, 4) is 5.69 Å². The van der Waals surface area contributed by atoms with Gasteiger partial charge in [0.25, 0.3) is 0 Å². The maximum absolute atomic E-state index is 14.2. The number of carbonyl (C=O) groups excluding carboxylic acids is 1. The molecule has 0 bridgehead atoms. The first-order valence-electron chi connectivity index (χ1n) is 10.0. The minimum Gasteiger partial charge on any atom is -0.325 e. The van der Waals surface area contributed by atoms with Crippen molar-refractivity contribution >= 4 is 29.4 Å². The molecule has 1 saturated carbocycles. The number of carbonyl (C=O) groups is 1. The van der Waals surface area contributed by atoms with E-state index in [1.54, 1.807) is 28.8 Å². The first-order valence-corrected chi connectivity index (χ1v) is 12.0. The summed E-state index contributed by atoms with van der Waals surface area (Å²) in [4.78, 5) is 19.4. The summed E-state index contributed by atoms with van der Waals surface area (Å²) < 4.78 is 16.1. The van der Waals surface area contributed by atoms with Gasteiger partial charge in [0, 0.05) is 23.8 Å². The molecular formula is C22H21FN4OS2. The van der Waals surface area contributed by atoms with Gasteiger partial charge >= 0.3 is 0 Å². The number of benzene rings is 2. The molecule has 2 aromatic carbocycles. The second-order valence-corrected chi connectivity index (χ2v) is 9.53. The van der Waals surface area contributed by atoms with Crippen LogP contribution in [-0.4, -0.2) is 43.6 Å². The Morgan fingerprint density at radius 3 is 2.67 bits per heavy atom. The summed E-state index contributed by atoms with van der Waals surface area (Å²) in [5, 5.41) is 5.01. The van der Waals surface area contributed by atoms with Crippen molar-refractivity contribution in [1.82, 2.24) is 19.7 Å². The Labute approximate surface area is 183 Å². The normalized spacial score (nSPS) is 18.7. The third kappa shape index (κ3) is 3.98. The standard InChI is InChI=1S/C22H21FN4OS2/c23-18-9-5-4-8-17(18)21-26(12-13-29-21)19(28)14-30-22-24-20(15-10-11-15)27(25-22)16-6-2-1-3-7-16/h1-9,15,21H,10-14H2. The monoisotopic (exact) mass is 440 g/mol. The van der Waals surface area contributed by atoms with Gasteiger partial charge in [-0.05, 0) is 31.0 Å². The van der Waals surface area contributed by atoms with Crippen LogP contribution in [0.25, 0.3) is 5.69 Å². The minimum absolute atomic E-state index is 0.0118. The van der Waals surface area contributed by atoms with Crippen LogP contribution in [0.15, 0.2) is 59.8 Å². The van der Waals surface area contributed by atoms with E-state index in [-0.39, 0.29) is 22.9 Å². The fourth-order valence-corrected chi connectivity index (χ4v) is 5.61.